The molecule has 5 heteroatoms. The molecule has 1 N–H and O–H groups in total. The number of aryl methyl sites for hydroxylation is 1. The van der Waals surface area contributed by atoms with E-state index in [-0.39, 0.29) is 5.91 Å². The van der Waals surface area contributed by atoms with Gasteiger partial charge in [0.05, 0.1) is 18.5 Å². The van der Waals surface area contributed by atoms with Gasteiger partial charge in [0.1, 0.15) is 6.33 Å². The molecule has 0 aliphatic carbocycles. The van der Waals surface area contributed by atoms with Crippen molar-refractivity contribution in [3.05, 3.63) is 47.9 Å². The first-order valence-corrected chi connectivity index (χ1v) is 4.85. The van der Waals surface area contributed by atoms with Gasteiger partial charge in [-0.25, -0.2) is 9.97 Å². The van der Waals surface area contributed by atoms with Crippen molar-refractivity contribution in [2.75, 3.05) is 0 Å². The van der Waals surface area contributed by atoms with Gasteiger partial charge in [0.15, 0.2) is 5.76 Å². The second-order valence-electron chi connectivity index (χ2n) is 3.31. The van der Waals surface area contributed by atoms with E-state index in [1.165, 1.54) is 12.6 Å². The van der Waals surface area contributed by atoms with Crippen LogP contribution in [0.1, 0.15) is 21.9 Å². The lowest BCUT2D eigenvalue weighted by atomic mass is 10.3. The van der Waals surface area contributed by atoms with Gasteiger partial charge in [0.2, 0.25) is 0 Å². The Balaban J connectivity index is 1.95. The van der Waals surface area contributed by atoms with Crippen molar-refractivity contribution >= 4 is 5.91 Å². The van der Waals surface area contributed by atoms with Gasteiger partial charge in [-0.2, -0.15) is 0 Å². The summed E-state index contributed by atoms with van der Waals surface area (Å²) in [7, 11) is 0. The van der Waals surface area contributed by atoms with Crippen molar-refractivity contribution < 1.29 is 9.21 Å². The highest BCUT2D eigenvalue weighted by atomic mass is 16.3. The summed E-state index contributed by atoms with van der Waals surface area (Å²) in [4.78, 5) is 19.5. The van der Waals surface area contributed by atoms with E-state index in [4.69, 9.17) is 4.42 Å². The third kappa shape index (κ3) is 2.44. The Morgan fingerprint density at radius 3 is 3.06 bits per heavy atom. The van der Waals surface area contributed by atoms with Crippen molar-refractivity contribution in [1.29, 1.82) is 0 Å². The molecule has 0 aliphatic rings. The fourth-order valence-corrected chi connectivity index (χ4v) is 1.27. The molecule has 0 radical (unpaired) electrons. The molecule has 82 valence electrons. The molecule has 2 rings (SSSR count). The van der Waals surface area contributed by atoms with Crippen LogP contribution in [-0.4, -0.2) is 15.9 Å². The number of furan rings is 1. The summed E-state index contributed by atoms with van der Waals surface area (Å²) in [5.41, 5.74) is 1.64. The number of nitrogens with one attached hydrogen (secondary N) is 1. The van der Waals surface area contributed by atoms with Crippen molar-refractivity contribution in [2.24, 2.45) is 0 Å². The summed E-state index contributed by atoms with van der Waals surface area (Å²) in [5, 5.41) is 2.71. The lowest BCUT2D eigenvalue weighted by Gasteiger charge is -2.02. The Bertz CT molecular complexity index is 480. The number of hydrogen-bond acceptors (Lipinski definition) is 4. The highest BCUT2D eigenvalue weighted by Gasteiger charge is 2.07. The second kappa shape index (κ2) is 4.57. The fourth-order valence-electron chi connectivity index (χ4n) is 1.27. The molecule has 1 amide bonds. The Labute approximate surface area is 92.5 Å². The number of nitrogens with zero attached hydrogens (tertiary/aromatic N) is 2. The van der Waals surface area contributed by atoms with Gasteiger partial charge < -0.3 is 9.73 Å². The molecule has 2 aromatic heterocycles. The number of aromatic nitrogens is 2. The Morgan fingerprint density at radius 2 is 2.38 bits per heavy atom. The molecule has 0 unspecified atom stereocenters. The number of hydrogen-bond donors (Lipinski definition) is 1. The van der Waals surface area contributed by atoms with Crippen LogP contribution < -0.4 is 5.32 Å². The predicted octanol–water partition coefficient (Wildman–Crippen LogP) is 1.31. The highest BCUT2D eigenvalue weighted by Crippen LogP contribution is 2.01. The molecule has 2 aromatic rings. The van der Waals surface area contributed by atoms with Gasteiger partial charge in [-0.3, -0.25) is 4.79 Å². The molecule has 0 saturated heterocycles. The molecule has 2 heterocycles. The Hall–Kier alpha value is -2.17. The fraction of sp³-hybridized carbons (Fsp3) is 0.182. The van der Waals surface area contributed by atoms with Gasteiger partial charge in [0, 0.05) is 5.69 Å². The van der Waals surface area contributed by atoms with Crippen molar-refractivity contribution in [1.82, 2.24) is 15.3 Å². The molecule has 16 heavy (non-hydrogen) atoms. The van der Waals surface area contributed by atoms with Gasteiger partial charge in [-0.1, -0.05) is 0 Å². The summed E-state index contributed by atoms with van der Waals surface area (Å²) in [6.45, 7) is 2.24. The summed E-state index contributed by atoms with van der Waals surface area (Å²) in [5.74, 6) is 0.0482. The van der Waals surface area contributed by atoms with Gasteiger partial charge >= 0.3 is 0 Å². The van der Waals surface area contributed by atoms with E-state index in [0.717, 1.165) is 11.4 Å². The van der Waals surface area contributed by atoms with Crippen LogP contribution in [0.2, 0.25) is 0 Å². The first kappa shape index (κ1) is 10.4. The molecular weight excluding hydrogens is 206 g/mol. The van der Waals surface area contributed by atoms with E-state index in [0.29, 0.717) is 12.3 Å². The van der Waals surface area contributed by atoms with Crippen LogP contribution in [0.3, 0.4) is 0 Å². The van der Waals surface area contributed by atoms with Crippen LogP contribution in [-0.2, 0) is 6.54 Å². The van der Waals surface area contributed by atoms with E-state index in [9.17, 15) is 4.79 Å². The highest BCUT2D eigenvalue weighted by molar-refractivity contribution is 5.91. The quantitative estimate of drug-likeness (QED) is 0.841. The van der Waals surface area contributed by atoms with E-state index in [1.54, 1.807) is 12.1 Å². The molecule has 0 aliphatic heterocycles. The summed E-state index contributed by atoms with van der Waals surface area (Å²) in [6, 6.07) is 5.10. The normalized spacial score (nSPS) is 10.1. The minimum Gasteiger partial charge on any atom is -0.459 e. The largest absolute Gasteiger partial charge is 0.459 e. The SMILES string of the molecule is Cc1cc(CNC(=O)c2ccco2)ncn1. The third-order valence-electron chi connectivity index (χ3n) is 2.04. The van der Waals surface area contributed by atoms with Gasteiger partial charge in [-0.05, 0) is 25.1 Å². The predicted molar refractivity (Wildman–Crippen MR) is 56.6 cm³/mol. The zero-order valence-corrected chi connectivity index (χ0v) is 8.80. The van der Waals surface area contributed by atoms with Crippen molar-refractivity contribution in [2.45, 2.75) is 13.5 Å². The molecule has 0 fully saturated rings. The monoisotopic (exact) mass is 217 g/mol. The second-order valence-corrected chi connectivity index (χ2v) is 3.31. The summed E-state index contributed by atoms with van der Waals surface area (Å²) >= 11 is 0. The van der Waals surface area contributed by atoms with Gasteiger partial charge in [0.25, 0.3) is 5.91 Å². The maximum absolute atomic E-state index is 11.5. The van der Waals surface area contributed by atoms with Crippen LogP contribution >= 0.6 is 0 Å². The van der Waals surface area contributed by atoms with Gasteiger partial charge in [-0.15, -0.1) is 0 Å². The van der Waals surface area contributed by atoms with Crippen LogP contribution in [0, 0.1) is 6.92 Å². The average Bonchev–Trinajstić information content (AvgIpc) is 2.79. The van der Waals surface area contributed by atoms with E-state index in [1.807, 2.05) is 13.0 Å². The minimum atomic E-state index is -0.249. The zero-order chi connectivity index (χ0) is 11.4. The van der Waals surface area contributed by atoms with Crippen LogP contribution in [0.25, 0.3) is 0 Å². The average molecular weight is 217 g/mol. The summed E-state index contributed by atoms with van der Waals surface area (Å²) < 4.78 is 4.96. The van der Waals surface area contributed by atoms with Crippen molar-refractivity contribution in [3.63, 3.8) is 0 Å². The maximum atomic E-state index is 11.5. The van der Waals surface area contributed by atoms with Crippen LogP contribution in [0.15, 0.2) is 35.2 Å². The number of rotatable bonds is 3. The lowest BCUT2D eigenvalue weighted by Crippen LogP contribution is -2.22. The molecule has 0 saturated carbocycles. The molecule has 0 spiro atoms. The molecule has 0 atom stereocenters. The van der Waals surface area contributed by atoms with Crippen LogP contribution in [0.5, 0.6) is 0 Å². The Kier molecular flexibility index (Phi) is 2.95. The molecular formula is C11H11N3O2. The Morgan fingerprint density at radius 1 is 1.50 bits per heavy atom. The standard InChI is InChI=1S/C11H11N3O2/c1-8-5-9(14-7-13-8)6-12-11(15)10-3-2-4-16-10/h2-5,7H,6H2,1H3,(H,12,15). The maximum Gasteiger partial charge on any atom is 0.287 e. The first-order valence-electron chi connectivity index (χ1n) is 4.85. The van der Waals surface area contributed by atoms with E-state index < -0.39 is 0 Å². The topological polar surface area (TPSA) is 68.0 Å². The molecule has 5 nitrogen and oxygen atoms in total. The number of amides is 1. The van der Waals surface area contributed by atoms with E-state index >= 15 is 0 Å². The molecule has 0 bridgehead atoms. The first-order chi connectivity index (χ1) is 7.75. The lowest BCUT2D eigenvalue weighted by molar-refractivity contribution is 0.0922. The zero-order valence-electron chi connectivity index (χ0n) is 8.80. The number of carbonyl (C=O) groups is 1. The van der Waals surface area contributed by atoms with Crippen molar-refractivity contribution in [3.8, 4) is 0 Å². The third-order valence-corrected chi connectivity index (χ3v) is 2.04. The van der Waals surface area contributed by atoms with Crippen LogP contribution in [0.4, 0.5) is 0 Å². The number of carbonyl (C=O) groups excluding carboxylic acids is 1. The minimum absolute atomic E-state index is 0.249. The summed E-state index contributed by atoms with van der Waals surface area (Å²) in [6.07, 6.45) is 2.94. The molecule has 0 aromatic carbocycles. The van der Waals surface area contributed by atoms with E-state index in [2.05, 4.69) is 15.3 Å². The smallest absolute Gasteiger partial charge is 0.287 e.